The number of amides is 3. The zero-order valence-corrected chi connectivity index (χ0v) is 72.6. The number of aliphatic hydroxyl groups excluding tert-OH is 2. The van der Waals surface area contributed by atoms with Gasteiger partial charge in [-0.1, -0.05) is 75.4 Å². The van der Waals surface area contributed by atoms with Gasteiger partial charge in [0.15, 0.2) is 17.0 Å². The lowest BCUT2D eigenvalue weighted by Crippen LogP contribution is -2.54. The molecule has 1 aliphatic carbocycles. The minimum absolute atomic E-state index is 0.0111. The van der Waals surface area contributed by atoms with Crippen LogP contribution in [0.1, 0.15) is 153 Å². The maximum absolute atomic E-state index is 14.5. The molecule has 6 aromatic rings. The standard InChI is InChI=1S/C91H124N14O19/c1-57-14-9-8-10-15-58(2)76(115-6)50-68-16-13-18-75(121-68)83(110)87(112)104-29-12-11-17-71(104)88(113)122-69(49-72(106)59(3)45-61(5)82(109)84(111)81(108)60(4)44-57)24-20-62-21-25-74(77(47-62)116-7)124-91(114)96-53-64-51-94-90(95-52-64)102-33-31-101(32-34-102)35-37-118-39-41-120-43-42-119-40-38-117-36-28-78(107)103-30-27-65-46-63(19-22-67(65)55-103)54-105-86-79(85(92)97-56-98-86)80(100-105)66-23-26-73-70(48-66)99-89(93)123-73/h8-10,14-15,19,22-23,26,45-46,48,51-52,56-57,59-60,62,68-69,71,74-77,82,84,109,111H,11-13,16-18,20-21,24-25,27-44,47,49-50,53-55H2,1-7H3,(H2,93,99)(H,96,114)(H2,92,97,98)/b10-8+,14-9+,58-15+,61-45+/t57-,59-,60-,62-,68?,69-,71+,74-,75?,76+,77-,82-,84+/m1/s1. The highest BCUT2D eigenvalue weighted by atomic mass is 16.6. The first-order chi connectivity index (χ1) is 60.0. The summed E-state index contributed by atoms with van der Waals surface area (Å²) in [7, 11) is 3.18. The second-order valence-corrected chi connectivity index (χ2v) is 33.6. The molecule has 2 unspecified atom stereocenters. The Balaban J connectivity index is 0.516. The van der Waals surface area contributed by atoms with E-state index in [0.29, 0.717) is 188 Å². The Morgan fingerprint density at radius 2 is 1.47 bits per heavy atom. The van der Waals surface area contributed by atoms with Crippen molar-refractivity contribution in [3.63, 3.8) is 0 Å². The van der Waals surface area contributed by atoms with Crippen molar-refractivity contribution in [1.82, 2.24) is 54.7 Å². The van der Waals surface area contributed by atoms with Crippen LogP contribution in [0.4, 0.5) is 22.6 Å². The minimum Gasteiger partial charge on any atom is -0.460 e. The molecule has 13 atom stereocenters. The Hall–Kier alpha value is -9.81. The highest BCUT2D eigenvalue weighted by Crippen LogP contribution is 2.37. The number of nitrogens with zero attached hydrogens (tertiary/aromatic N) is 11. The number of methoxy groups -OCH3 is 2. The number of aliphatic hydroxyl groups is 2. The molecule has 6 aliphatic rings. The number of hydrogen-bond acceptors (Lipinski definition) is 29. The van der Waals surface area contributed by atoms with Crippen LogP contribution in [0, 0.1) is 23.7 Å². The third-order valence-corrected chi connectivity index (χ3v) is 24.6. The third kappa shape index (κ3) is 25.7. The van der Waals surface area contributed by atoms with Crippen LogP contribution >= 0.6 is 0 Å². The fourth-order valence-electron chi connectivity index (χ4n) is 17.4. The van der Waals surface area contributed by atoms with E-state index in [0.717, 1.165) is 61.4 Å². The van der Waals surface area contributed by atoms with E-state index in [1.54, 1.807) is 53.5 Å². The molecule has 4 fully saturated rings. The number of benzene rings is 2. The molecule has 0 spiro atoms. The molecule has 12 rings (SSSR count). The number of allylic oxidation sites excluding steroid dienone is 6. The lowest BCUT2D eigenvalue weighted by atomic mass is 9.81. The lowest BCUT2D eigenvalue weighted by Gasteiger charge is -2.37. The number of piperidine rings is 1. The fourth-order valence-corrected chi connectivity index (χ4v) is 17.4. The molecule has 3 amide bonds. The summed E-state index contributed by atoms with van der Waals surface area (Å²) in [6.07, 6.45) is 15.4. The molecule has 3 saturated heterocycles. The Labute approximate surface area is 724 Å². The monoisotopic (exact) mass is 1720 g/mol. The van der Waals surface area contributed by atoms with E-state index in [9.17, 15) is 43.8 Å². The number of oxazole rings is 1. The van der Waals surface area contributed by atoms with Gasteiger partial charge in [0, 0.05) is 121 Å². The van der Waals surface area contributed by atoms with Gasteiger partial charge in [0.05, 0.1) is 89.5 Å². The van der Waals surface area contributed by atoms with E-state index in [4.69, 9.17) is 63.6 Å². The van der Waals surface area contributed by atoms with Gasteiger partial charge < -0.3 is 88.7 Å². The van der Waals surface area contributed by atoms with Crippen molar-refractivity contribution in [3.05, 3.63) is 125 Å². The van der Waals surface area contributed by atoms with Gasteiger partial charge in [0.1, 0.15) is 65.7 Å². The van der Waals surface area contributed by atoms with Gasteiger partial charge in [-0.2, -0.15) is 10.1 Å². The van der Waals surface area contributed by atoms with Gasteiger partial charge in [-0.3, -0.25) is 28.9 Å². The number of cyclic esters (lactones) is 1. The SMILES string of the molecule is CO[C@H]1CC2CCCC(O2)C(=O)C(=O)N2CCCC[C@H]2C(=O)O[C@H](CC[C@@H]2CC[C@@H](OC(=O)NCc3cnc(N4CCN(CCOCCOCCOCCOCCC(=O)N5CCc6cc(Cn7nc(-c8ccc9oc(N)nc9c8)c8c(N)ncnc87)ccc6C5)CC4)nc3)[C@H](OC)C2)CC(=O)[C@H](C)/C=C(\C)[C@@H](O)[C@@H](O)C(=O)[C@H](C)C[C@H](C)/C=C/C=C/C=C/1C. The summed E-state index contributed by atoms with van der Waals surface area (Å²) in [5.74, 6) is -3.58. The van der Waals surface area contributed by atoms with Crippen LogP contribution in [0.3, 0.4) is 0 Å². The van der Waals surface area contributed by atoms with E-state index < -0.39 is 84.0 Å². The van der Waals surface area contributed by atoms with E-state index >= 15 is 0 Å². The molecule has 33 heteroatoms. The number of ketones is 3. The van der Waals surface area contributed by atoms with E-state index in [2.05, 4.69) is 58.2 Å². The zero-order chi connectivity index (χ0) is 87.8. The van der Waals surface area contributed by atoms with Crippen molar-refractivity contribution in [2.75, 3.05) is 129 Å². The maximum atomic E-state index is 14.5. The number of hydrogen-bond donors (Lipinski definition) is 5. The van der Waals surface area contributed by atoms with Gasteiger partial charge in [-0.15, -0.1) is 0 Å². The number of rotatable bonds is 27. The van der Waals surface area contributed by atoms with Crippen LogP contribution < -0.4 is 21.7 Å². The topological polar surface area (TPSA) is 415 Å². The molecule has 1 saturated carbocycles. The van der Waals surface area contributed by atoms with Crippen molar-refractivity contribution in [2.45, 2.75) is 212 Å². The maximum Gasteiger partial charge on any atom is 0.407 e. The zero-order valence-electron chi connectivity index (χ0n) is 72.6. The van der Waals surface area contributed by atoms with Crippen molar-refractivity contribution in [2.24, 2.45) is 23.7 Å². The number of nitrogen functional groups attached to an aromatic ring is 2. The summed E-state index contributed by atoms with van der Waals surface area (Å²) in [4.78, 5) is 127. The molecular formula is C91H124N14O19. The number of nitrogens with one attached hydrogen (secondary N) is 1. The number of alkyl carbamates (subject to hydrolysis) is 1. The highest BCUT2D eigenvalue weighted by Gasteiger charge is 2.43. The molecule has 2 aromatic carbocycles. The molecule has 9 heterocycles. The molecule has 4 aromatic heterocycles. The summed E-state index contributed by atoms with van der Waals surface area (Å²) in [6, 6.07) is 10.9. The number of Topliss-reactive ketones (excluding diaryl/α,β-unsaturated/α-hetero) is 3. The van der Waals surface area contributed by atoms with Crippen molar-refractivity contribution in [1.29, 1.82) is 0 Å². The molecule has 5 aliphatic heterocycles. The van der Waals surface area contributed by atoms with Crippen LogP contribution in [0.15, 0.2) is 107 Å². The van der Waals surface area contributed by atoms with Crippen molar-refractivity contribution in [3.8, 4) is 11.3 Å². The molecule has 0 radical (unpaired) electrons. The second kappa shape index (κ2) is 45.9. The van der Waals surface area contributed by atoms with E-state index in [-0.39, 0.29) is 86.1 Å². The normalized spacial score (nSPS) is 26.8. The molecule has 7 N–H and O–H groups in total. The van der Waals surface area contributed by atoms with E-state index in [1.165, 1.54) is 22.9 Å². The van der Waals surface area contributed by atoms with Gasteiger partial charge in [0.25, 0.3) is 11.9 Å². The summed E-state index contributed by atoms with van der Waals surface area (Å²) in [5, 5.41) is 30.9. The van der Waals surface area contributed by atoms with Crippen LogP contribution in [0.5, 0.6) is 0 Å². The highest BCUT2D eigenvalue weighted by molar-refractivity contribution is 6.38. The summed E-state index contributed by atoms with van der Waals surface area (Å²) >= 11 is 0. The number of aromatic nitrogens is 7. The fraction of sp³-hybridized carbons (Fsp3) is 0.593. The number of nitrogens with two attached hydrogens (primary N) is 2. The number of piperazine rings is 1. The van der Waals surface area contributed by atoms with E-state index in [1.807, 2.05) is 65.9 Å². The van der Waals surface area contributed by atoms with Gasteiger partial charge in [-0.25, -0.2) is 34.2 Å². The van der Waals surface area contributed by atoms with Gasteiger partial charge >= 0.3 is 12.1 Å². The Morgan fingerprint density at radius 3 is 2.23 bits per heavy atom. The average molecular weight is 1720 g/mol. The number of carbonyl (C=O) groups excluding carboxylic acids is 7. The number of ether oxygens (including phenoxy) is 9. The molecule has 2 bridgehead atoms. The smallest absolute Gasteiger partial charge is 0.407 e. The summed E-state index contributed by atoms with van der Waals surface area (Å²) in [5.41, 5.74) is 20.6. The first kappa shape index (κ1) is 93.3. The summed E-state index contributed by atoms with van der Waals surface area (Å²) in [6.45, 7) is 17.9. The van der Waals surface area contributed by atoms with Crippen LogP contribution in [-0.2, 0) is 97.5 Å². The largest absolute Gasteiger partial charge is 0.460 e. The minimum atomic E-state index is -1.73. The predicted molar refractivity (Wildman–Crippen MR) is 462 cm³/mol. The Kier molecular flexibility index (Phi) is 34.5. The van der Waals surface area contributed by atoms with Gasteiger partial charge in [-0.05, 0) is 155 Å². The Morgan fingerprint density at radius 1 is 0.710 bits per heavy atom. The lowest BCUT2D eigenvalue weighted by molar-refractivity contribution is -0.167. The number of anilines is 3. The van der Waals surface area contributed by atoms with Crippen LogP contribution in [-0.4, -0.2) is 269 Å². The predicted octanol–water partition coefficient (Wildman–Crippen LogP) is 8.76. The molecule has 124 heavy (non-hydrogen) atoms. The molecule has 672 valence electrons. The van der Waals surface area contributed by atoms with Crippen molar-refractivity contribution >= 4 is 81.1 Å². The molecule has 33 nitrogen and oxygen atoms in total. The number of esters is 1. The average Bonchev–Trinajstić information content (AvgIpc) is 1.61. The van der Waals surface area contributed by atoms with Crippen LogP contribution in [0.25, 0.3) is 33.4 Å². The number of fused-ring (bicyclic) bond motifs is 6. The van der Waals surface area contributed by atoms with Crippen molar-refractivity contribution < 1.29 is 90.8 Å². The number of carbonyl (C=O) groups is 7. The summed E-state index contributed by atoms with van der Waals surface area (Å²) < 4.78 is 60.8. The Bertz CT molecular complexity index is 4720. The third-order valence-electron chi connectivity index (χ3n) is 24.6. The quantitative estimate of drug-likeness (QED) is 0.0139. The molecular weight excluding hydrogens is 1590 g/mol. The van der Waals surface area contributed by atoms with Gasteiger partial charge in [0.2, 0.25) is 17.6 Å². The van der Waals surface area contributed by atoms with Crippen LogP contribution in [0.2, 0.25) is 0 Å². The second-order valence-electron chi connectivity index (χ2n) is 33.6. The first-order valence-corrected chi connectivity index (χ1v) is 43.9. The first-order valence-electron chi connectivity index (χ1n) is 43.9.